The summed E-state index contributed by atoms with van der Waals surface area (Å²) in [5.74, 6) is -3.81. The Balaban J connectivity index is 1.45. The van der Waals surface area contributed by atoms with Crippen molar-refractivity contribution in [1.82, 2.24) is 9.80 Å². The molecule has 0 spiro atoms. The van der Waals surface area contributed by atoms with Crippen molar-refractivity contribution >= 4 is 46.5 Å². The molecule has 2 saturated heterocycles. The Morgan fingerprint density at radius 1 is 0.776 bits per heavy atom. The fraction of sp³-hybridized carbons (Fsp3) is 0.419. The normalized spacial score (nSPS) is 17.1. The minimum Gasteiger partial charge on any atom is -0.493 e. The number of Topliss-reactive ketones (excluding diaryl/α,β-unsaturated/α-hetero) is 3. The fourth-order valence-corrected chi connectivity index (χ4v) is 5.55. The number of amides is 2. The highest BCUT2D eigenvalue weighted by atomic mass is 16.6. The highest BCUT2D eigenvalue weighted by Crippen LogP contribution is 2.37. The van der Waals surface area contributed by atoms with Crippen LogP contribution in [0, 0.1) is 27.2 Å². The number of carbonyl (C=O) groups excluding carboxylic acids is 6. The van der Waals surface area contributed by atoms with Gasteiger partial charge in [-0.05, 0) is 25.5 Å². The van der Waals surface area contributed by atoms with Gasteiger partial charge in [-0.2, -0.15) is 0 Å². The van der Waals surface area contributed by atoms with Gasteiger partial charge in [0.25, 0.3) is 23.2 Å². The Kier molecular flexibility index (Phi) is 10.9. The molecule has 0 aromatic heterocycles. The number of ketones is 3. The molecule has 0 N–H and O–H groups in total. The predicted molar refractivity (Wildman–Crippen MR) is 165 cm³/mol. The summed E-state index contributed by atoms with van der Waals surface area (Å²) in [6.45, 7) is 1.87. The van der Waals surface area contributed by atoms with Crippen LogP contribution in [0.1, 0.15) is 52.5 Å². The zero-order valence-corrected chi connectivity index (χ0v) is 26.9. The van der Waals surface area contributed by atoms with Crippen molar-refractivity contribution in [2.75, 3.05) is 40.5 Å². The summed E-state index contributed by atoms with van der Waals surface area (Å²) in [6.07, 6.45) is -0.278. The quantitative estimate of drug-likeness (QED) is 0.127. The van der Waals surface area contributed by atoms with Crippen molar-refractivity contribution < 1.29 is 57.6 Å². The Morgan fingerprint density at radius 2 is 1.27 bits per heavy atom. The Morgan fingerprint density at radius 3 is 1.78 bits per heavy atom. The van der Waals surface area contributed by atoms with Gasteiger partial charge in [0.15, 0.2) is 28.8 Å². The molecular weight excluding hydrogens is 652 g/mol. The molecule has 0 radical (unpaired) electrons. The summed E-state index contributed by atoms with van der Waals surface area (Å²) in [7, 11) is 2.35. The number of rotatable bonds is 13. The molecule has 2 fully saturated rings. The largest absolute Gasteiger partial charge is 0.493 e. The molecule has 0 bridgehead atoms. The number of nitro groups is 2. The third-order valence-corrected chi connectivity index (χ3v) is 7.99. The monoisotopic (exact) mass is 684 g/mol. The molecule has 2 aliphatic heterocycles. The number of hydrogen-bond acceptors (Lipinski definition) is 14. The summed E-state index contributed by atoms with van der Waals surface area (Å²) in [6, 6.07) is 2.15. The average Bonchev–Trinajstić information content (AvgIpc) is 3.66. The fourth-order valence-electron chi connectivity index (χ4n) is 5.55. The van der Waals surface area contributed by atoms with Crippen LogP contribution in [0.5, 0.6) is 17.2 Å². The van der Waals surface area contributed by atoms with Crippen LogP contribution >= 0.6 is 0 Å². The number of methoxy groups -OCH3 is 2. The first-order valence-electron chi connectivity index (χ1n) is 14.8. The minimum atomic E-state index is -1.20. The first kappa shape index (κ1) is 35.9. The molecule has 4 rings (SSSR count). The first-order valence-corrected chi connectivity index (χ1v) is 14.8. The second kappa shape index (κ2) is 14.9. The molecule has 2 atom stereocenters. The van der Waals surface area contributed by atoms with Crippen molar-refractivity contribution in [3.8, 4) is 17.2 Å². The number of nitro benzene ring substituents is 2. The van der Waals surface area contributed by atoms with Crippen LogP contribution in [0.15, 0.2) is 24.3 Å². The van der Waals surface area contributed by atoms with E-state index in [0.29, 0.717) is 5.56 Å². The molecule has 2 aliphatic rings. The van der Waals surface area contributed by atoms with Gasteiger partial charge < -0.3 is 28.7 Å². The van der Waals surface area contributed by atoms with Gasteiger partial charge >= 0.3 is 5.97 Å². The highest BCUT2D eigenvalue weighted by molar-refractivity contribution is 6.07. The Labute approximate surface area is 278 Å². The van der Waals surface area contributed by atoms with Gasteiger partial charge in [0, 0.05) is 25.3 Å². The second-order valence-electron chi connectivity index (χ2n) is 11.2. The van der Waals surface area contributed by atoms with Crippen molar-refractivity contribution in [3.63, 3.8) is 0 Å². The lowest BCUT2D eigenvalue weighted by atomic mass is 10.1. The van der Waals surface area contributed by atoms with Gasteiger partial charge in [0.1, 0.15) is 22.9 Å². The molecule has 2 aromatic carbocycles. The van der Waals surface area contributed by atoms with Gasteiger partial charge in [-0.3, -0.25) is 44.2 Å². The Hall–Kier alpha value is -5.94. The summed E-state index contributed by atoms with van der Waals surface area (Å²) >= 11 is 0. The van der Waals surface area contributed by atoms with E-state index in [1.165, 1.54) is 20.1 Å². The zero-order valence-electron chi connectivity index (χ0n) is 26.9. The second-order valence-corrected chi connectivity index (χ2v) is 11.2. The number of esters is 1. The van der Waals surface area contributed by atoms with Gasteiger partial charge in [-0.15, -0.1) is 0 Å². The molecule has 2 amide bonds. The standard InChI is InChI=1S/C31H32N4O14/c1-16-8-20(29(39)33-15-19(38)10-25(33)31(41)47-4)23(34(42)43)12-26(16)48-6-5-7-49-28-13-24(35(44)45)21(11-27(28)46-3)30(40)32-14-18(37)9-22(32)17(2)36/h8,11-13,22,25H,5-7,9-10,14-15H2,1-4H3/t22-,25-/m0/s1. The molecule has 260 valence electrons. The van der Waals surface area contributed by atoms with Crippen LogP contribution in [-0.2, 0) is 23.9 Å². The van der Waals surface area contributed by atoms with Crippen molar-refractivity contribution in [3.05, 3.63) is 61.2 Å². The van der Waals surface area contributed by atoms with Gasteiger partial charge in [-0.25, -0.2) is 4.79 Å². The van der Waals surface area contributed by atoms with E-state index in [1.807, 2.05) is 0 Å². The highest BCUT2D eigenvalue weighted by Gasteiger charge is 2.42. The van der Waals surface area contributed by atoms with Crippen molar-refractivity contribution in [1.29, 1.82) is 0 Å². The van der Waals surface area contributed by atoms with E-state index in [1.54, 1.807) is 6.92 Å². The SMILES string of the molecule is COC(=O)[C@@H]1CC(=O)CN1C(=O)c1cc(C)c(OCCCOc2cc([N+](=O)[O-])c(C(=O)N3CC(=O)C[C@H]3C(C)=O)cc2OC)cc1[N+](=O)[O-]. The van der Waals surface area contributed by atoms with E-state index in [4.69, 9.17) is 14.2 Å². The molecule has 0 aliphatic carbocycles. The van der Waals surface area contributed by atoms with Crippen molar-refractivity contribution in [2.45, 2.75) is 45.2 Å². The molecule has 0 saturated carbocycles. The number of ether oxygens (including phenoxy) is 4. The number of nitrogens with zero attached hydrogens (tertiary/aromatic N) is 4. The molecular formula is C31H32N4O14. The van der Waals surface area contributed by atoms with Gasteiger partial charge in [-0.1, -0.05) is 0 Å². The maximum Gasteiger partial charge on any atom is 0.329 e. The van der Waals surface area contributed by atoms with E-state index in [9.17, 15) is 49.0 Å². The maximum absolute atomic E-state index is 13.2. The number of likely N-dealkylation sites (tertiary alicyclic amines) is 2. The lowest BCUT2D eigenvalue weighted by Crippen LogP contribution is -2.41. The van der Waals surface area contributed by atoms with Crippen LogP contribution in [-0.4, -0.2) is 107 Å². The molecule has 0 unspecified atom stereocenters. The summed E-state index contributed by atoms with van der Waals surface area (Å²) in [5.41, 5.74) is -1.63. The molecule has 2 heterocycles. The zero-order chi connectivity index (χ0) is 36.2. The molecule has 18 heteroatoms. The minimum absolute atomic E-state index is 0.0272. The van der Waals surface area contributed by atoms with Crippen LogP contribution in [0.3, 0.4) is 0 Å². The molecule has 2 aromatic rings. The van der Waals surface area contributed by atoms with E-state index in [-0.39, 0.29) is 67.6 Å². The summed E-state index contributed by atoms with van der Waals surface area (Å²) < 4.78 is 21.3. The number of aryl methyl sites for hydroxylation is 1. The van der Waals surface area contributed by atoms with E-state index < -0.39 is 74.8 Å². The Bertz CT molecular complexity index is 1760. The topological polar surface area (TPSA) is 232 Å². The van der Waals surface area contributed by atoms with Crippen LogP contribution in [0.2, 0.25) is 0 Å². The van der Waals surface area contributed by atoms with Crippen LogP contribution in [0.4, 0.5) is 11.4 Å². The molecule has 18 nitrogen and oxygen atoms in total. The van der Waals surface area contributed by atoms with Gasteiger partial charge in [0.05, 0.1) is 68.5 Å². The number of hydrogen-bond donors (Lipinski definition) is 0. The maximum atomic E-state index is 13.2. The lowest BCUT2D eigenvalue weighted by Gasteiger charge is -2.22. The van der Waals surface area contributed by atoms with Crippen LogP contribution < -0.4 is 14.2 Å². The van der Waals surface area contributed by atoms with E-state index in [2.05, 4.69) is 4.74 Å². The van der Waals surface area contributed by atoms with Gasteiger partial charge in [0.2, 0.25) is 0 Å². The van der Waals surface area contributed by atoms with E-state index in [0.717, 1.165) is 35.1 Å². The molecule has 49 heavy (non-hydrogen) atoms. The number of benzene rings is 2. The summed E-state index contributed by atoms with van der Waals surface area (Å²) in [5, 5.41) is 23.8. The summed E-state index contributed by atoms with van der Waals surface area (Å²) in [4.78, 5) is 98.7. The lowest BCUT2D eigenvalue weighted by molar-refractivity contribution is -0.385. The first-order chi connectivity index (χ1) is 23.2. The van der Waals surface area contributed by atoms with Crippen LogP contribution in [0.25, 0.3) is 0 Å². The predicted octanol–water partition coefficient (Wildman–Crippen LogP) is 2.00. The average molecular weight is 685 g/mol. The smallest absolute Gasteiger partial charge is 0.329 e. The van der Waals surface area contributed by atoms with Crippen molar-refractivity contribution in [2.24, 2.45) is 0 Å². The van der Waals surface area contributed by atoms with E-state index >= 15 is 0 Å². The third-order valence-electron chi connectivity index (χ3n) is 7.99. The number of carbonyl (C=O) groups is 6. The third kappa shape index (κ3) is 7.63.